The van der Waals surface area contributed by atoms with Gasteiger partial charge in [0.05, 0.1) is 11.1 Å². The highest BCUT2D eigenvalue weighted by Crippen LogP contribution is 2.53. The first-order valence-corrected chi connectivity index (χ1v) is 14.0. The molecule has 1 aliphatic heterocycles. The third kappa shape index (κ3) is 5.48. The monoisotopic (exact) mass is 615 g/mol. The molecule has 4 aromatic rings. The number of anilines is 1. The Bertz CT molecular complexity index is 1700. The highest BCUT2D eigenvalue weighted by Gasteiger charge is 2.57. The number of carboxylic acids is 1. The van der Waals surface area contributed by atoms with Gasteiger partial charge < -0.3 is 20.2 Å². The van der Waals surface area contributed by atoms with Crippen LogP contribution in [0.5, 0.6) is 0 Å². The van der Waals surface area contributed by atoms with Gasteiger partial charge in [-0.25, -0.2) is 18.6 Å². The van der Waals surface area contributed by atoms with Crippen LogP contribution in [0.15, 0.2) is 59.0 Å². The minimum atomic E-state index is -1.32. The summed E-state index contributed by atoms with van der Waals surface area (Å²) in [5, 5.41) is 15.6. The van der Waals surface area contributed by atoms with Gasteiger partial charge in [-0.15, -0.1) is 0 Å². The van der Waals surface area contributed by atoms with Crippen LogP contribution >= 0.6 is 23.2 Å². The van der Waals surface area contributed by atoms with Gasteiger partial charge in [0.2, 0.25) is 5.91 Å². The highest BCUT2D eigenvalue weighted by molar-refractivity contribution is 6.31. The summed E-state index contributed by atoms with van der Waals surface area (Å²) in [6.07, 6.45) is 0.525. The zero-order valence-electron chi connectivity index (χ0n) is 23.3. The second kappa shape index (κ2) is 10.9. The summed E-state index contributed by atoms with van der Waals surface area (Å²) in [5.41, 5.74) is -0.115. The largest absolute Gasteiger partial charge is 0.474 e. The molecule has 0 unspecified atom stereocenters. The van der Waals surface area contributed by atoms with Crippen LogP contribution in [0.25, 0.3) is 11.1 Å². The molecule has 7 nitrogen and oxygen atoms in total. The Morgan fingerprint density at radius 3 is 2.52 bits per heavy atom. The van der Waals surface area contributed by atoms with Crippen molar-refractivity contribution in [1.29, 1.82) is 0 Å². The fraction of sp³-hybridized carbons (Fsp3) is 0.323. The van der Waals surface area contributed by atoms with E-state index in [0.717, 1.165) is 0 Å². The molecule has 1 fully saturated rings. The molecule has 4 atom stereocenters. The number of carbonyl (C=O) groups excluding carboxylic acids is 1. The summed E-state index contributed by atoms with van der Waals surface area (Å²) in [4.78, 5) is 29.2. The molecule has 1 aromatic heterocycles. The van der Waals surface area contributed by atoms with Gasteiger partial charge in [0.1, 0.15) is 17.2 Å². The van der Waals surface area contributed by atoms with E-state index in [4.69, 9.17) is 27.6 Å². The standard InChI is InChI=1S/C31H29Cl2F2N3O4/c1-30(2,3)14-23-31(4,18-10-8-15(32)12-20(18)34)24(17-6-5-7-19(33)25(17)35)26(38-23)27(39)36-16-9-11-22-21(13-16)37-28(42-22)29(40)41/h5-13,23-24,26,38H,14H2,1-4H3,(H,36,39)(H,40,41)/t23-,24-,26+,31-/m0/s1. The Kier molecular flexibility index (Phi) is 7.81. The first-order valence-electron chi connectivity index (χ1n) is 13.3. The van der Waals surface area contributed by atoms with Crippen molar-refractivity contribution in [2.75, 3.05) is 5.32 Å². The lowest BCUT2D eigenvalue weighted by molar-refractivity contribution is -0.118. The number of oxazole rings is 1. The number of rotatable bonds is 6. The molecule has 0 bridgehead atoms. The maximum atomic E-state index is 15.8. The quantitative estimate of drug-likeness (QED) is 0.207. The average Bonchev–Trinajstić information content (AvgIpc) is 3.44. The maximum absolute atomic E-state index is 15.8. The molecule has 5 rings (SSSR count). The number of carboxylic acid groups (broad SMARTS) is 1. The van der Waals surface area contributed by atoms with Gasteiger partial charge in [0.25, 0.3) is 0 Å². The van der Waals surface area contributed by atoms with Gasteiger partial charge in [-0.05, 0) is 59.4 Å². The molecule has 42 heavy (non-hydrogen) atoms. The van der Waals surface area contributed by atoms with E-state index in [0.29, 0.717) is 17.7 Å². The van der Waals surface area contributed by atoms with Crippen molar-refractivity contribution in [2.24, 2.45) is 5.41 Å². The van der Waals surface area contributed by atoms with Crippen LogP contribution in [0, 0.1) is 17.0 Å². The zero-order valence-corrected chi connectivity index (χ0v) is 24.8. The molecule has 0 saturated carbocycles. The Hall–Kier alpha value is -3.53. The second-order valence-electron chi connectivity index (χ2n) is 12.0. The summed E-state index contributed by atoms with van der Waals surface area (Å²) in [6.45, 7) is 7.94. The Balaban J connectivity index is 1.63. The van der Waals surface area contributed by atoms with E-state index in [1.807, 2.05) is 27.7 Å². The van der Waals surface area contributed by atoms with Gasteiger partial charge in [0.15, 0.2) is 5.58 Å². The van der Waals surface area contributed by atoms with E-state index < -0.39 is 52.8 Å². The molecular formula is C31H29Cl2F2N3O4. The minimum absolute atomic E-state index is 0.115. The van der Waals surface area contributed by atoms with Crippen LogP contribution in [0.2, 0.25) is 10.0 Å². The third-order valence-corrected chi connectivity index (χ3v) is 8.38. The van der Waals surface area contributed by atoms with E-state index in [1.165, 1.54) is 24.3 Å². The van der Waals surface area contributed by atoms with E-state index >= 15 is 8.78 Å². The Labute approximate surface area is 251 Å². The lowest BCUT2D eigenvalue weighted by Crippen LogP contribution is -2.44. The molecule has 0 spiro atoms. The van der Waals surface area contributed by atoms with E-state index in [1.54, 1.807) is 30.3 Å². The van der Waals surface area contributed by atoms with E-state index in [2.05, 4.69) is 15.6 Å². The summed E-state index contributed by atoms with van der Waals surface area (Å²) in [6, 6.07) is 12.0. The number of hydrogen-bond donors (Lipinski definition) is 3. The predicted molar refractivity (Wildman–Crippen MR) is 157 cm³/mol. The number of halogens is 4. The van der Waals surface area contributed by atoms with Crippen LogP contribution in [0.4, 0.5) is 14.5 Å². The molecule has 1 aliphatic rings. The first-order chi connectivity index (χ1) is 19.7. The summed E-state index contributed by atoms with van der Waals surface area (Å²) in [5.74, 6) is -4.45. The highest BCUT2D eigenvalue weighted by atomic mass is 35.5. The molecule has 220 valence electrons. The van der Waals surface area contributed by atoms with Gasteiger partial charge >= 0.3 is 11.9 Å². The molecule has 0 radical (unpaired) electrons. The van der Waals surface area contributed by atoms with Crippen molar-refractivity contribution >= 4 is 51.9 Å². The number of hydrogen-bond acceptors (Lipinski definition) is 5. The van der Waals surface area contributed by atoms with Gasteiger partial charge in [-0.3, -0.25) is 4.79 Å². The second-order valence-corrected chi connectivity index (χ2v) is 12.8. The molecule has 0 aliphatic carbocycles. The number of carbonyl (C=O) groups is 2. The molecular weight excluding hydrogens is 587 g/mol. The number of fused-ring (bicyclic) bond motifs is 1. The Morgan fingerprint density at radius 1 is 1.12 bits per heavy atom. The number of nitrogens with one attached hydrogen (secondary N) is 2. The van der Waals surface area contributed by atoms with Gasteiger partial charge in [0, 0.05) is 28.1 Å². The lowest BCUT2D eigenvalue weighted by atomic mass is 9.63. The SMILES string of the molecule is CC(C)(C)C[C@@H]1N[C@@H](C(=O)Nc2ccc3oc(C(=O)O)nc3c2)[C@H](c2cccc(Cl)c2F)[C@@]1(C)c1ccc(Cl)cc1F. The minimum Gasteiger partial charge on any atom is -0.474 e. The van der Waals surface area contributed by atoms with Crippen LogP contribution < -0.4 is 10.6 Å². The fourth-order valence-corrected chi connectivity index (χ4v) is 6.36. The molecule has 3 aromatic carbocycles. The van der Waals surface area contributed by atoms with Gasteiger partial charge in [-0.2, -0.15) is 0 Å². The topological polar surface area (TPSA) is 104 Å². The number of aromatic nitrogens is 1. The molecule has 11 heteroatoms. The molecule has 2 heterocycles. The van der Waals surface area contributed by atoms with E-state index in [9.17, 15) is 14.7 Å². The van der Waals surface area contributed by atoms with Crippen molar-refractivity contribution in [3.63, 3.8) is 0 Å². The van der Waals surface area contributed by atoms with Gasteiger partial charge in [-0.1, -0.05) is 69.1 Å². The fourth-order valence-electron chi connectivity index (χ4n) is 6.02. The molecule has 3 N–H and O–H groups in total. The first kappa shape index (κ1) is 29.9. The van der Waals surface area contributed by atoms with Crippen LogP contribution in [-0.2, 0) is 10.2 Å². The van der Waals surface area contributed by atoms with Crippen molar-refractivity contribution in [1.82, 2.24) is 10.3 Å². The van der Waals surface area contributed by atoms with Crippen LogP contribution in [-0.4, -0.2) is 34.1 Å². The van der Waals surface area contributed by atoms with E-state index in [-0.39, 0.29) is 32.1 Å². The number of nitrogens with zero attached hydrogens (tertiary/aromatic N) is 1. The summed E-state index contributed by atoms with van der Waals surface area (Å²) >= 11 is 12.3. The summed E-state index contributed by atoms with van der Waals surface area (Å²) in [7, 11) is 0. The van der Waals surface area contributed by atoms with Crippen molar-refractivity contribution in [2.45, 2.75) is 57.5 Å². The average molecular weight is 616 g/mol. The smallest absolute Gasteiger partial charge is 0.392 e. The van der Waals surface area contributed by atoms with Crippen molar-refractivity contribution in [3.05, 3.63) is 93.3 Å². The predicted octanol–water partition coefficient (Wildman–Crippen LogP) is 7.57. The lowest BCUT2D eigenvalue weighted by Gasteiger charge is -2.40. The maximum Gasteiger partial charge on any atom is 0.392 e. The number of amides is 1. The van der Waals surface area contributed by atoms with Crippen LogP contribution in [0.3, 0.4) is 0 Å². The normalized spacial score (nSPS) is 22.4. The number of aromatic carboxylic acids is 1. The Morgan fingerprint density at radius 2 is 1.86 bits per heavy atom. The third-order valence-electron chi connectivity index (χ3n) is 7.85. The van der Waals surface area contributed by atoms with Crippen LogP contribution in [0.1, 0.15) is 61.8 Å². The van der Waals surface area contributed by atoms with Crippen molar-refractivity contribution < 1.29 is 27.9 Å². The molecule has 1 saturated heterocycles. The summed E-state index contributed by atoms with van der Waals surface area (Å²) < 4.78 is 36.7. The molecule has 1 amide bonds. The zero-order chi connectivity index (χ0) is 30.6. The number of benzene rings is 3. The van der Waals surface area contributed by atoms with Crippen molar-refractivity contribution in [3.8, 4) is 0 Å².